The van der Waals surface area contributed by atoms with Crippen LogP contribution in [0.2, 0.25) is 0 Å². The fourth-order valence-corrected chi connectivity index (χ4v) is 3.33. The number of aromatic nitrogens is 1. The number of para-hydroxylation sites is 1. The van der Waals surface area contributed by atoms with Gasteiger partial charge in [-0.1, -0.05) is 12.1 Å². The summed E-state index contributed by atoms with van der Waals surface area (Å²) >= 11 is 1.34. The molecule has 0 atom stereocenters. The van der Waals surface area contributed by atoms with Gasteiger partial charge in [-0.2, -0.15) is 8.42 Å². The van der Waals surface area contributed by atoms with Gasteiger partial charge in [0, 0.05) is 0 Å². The number of phenols is 1. The van der Waals surface area contributed by atoms with Gasteiger partial charge >= 0.3 is 29.6 Å². The number of aromatic hydroxyl groups is 1. The van der Waals surface area contributed by atoms with Crippen LogP contribution in [-0.4, -0.2) is 52.6 Å². The van der Waals surface area contributed by atoms with Crippen LogP contribution in [-0.2, 0) is 10.1 Å². The Bertz CT molecular complexity index is 872. The maximum absolute atomic E-state index is 11.2. The Morgan fingerprint density at radius 1 is 1.10 bits per heavy atom. The minimum absolute atomic E-state index is 0. The van der Waals surface area contributed by atoms with E-state index in [-0.39, 0.29) is 45.8 Å². The second-order valence-corrected chi connectivity index (χ2v) is 6.59. The van der Waals surface area contributed by atoms with Crippen LogP contribution in [0.4, 0.5) is 0 Å². The van der Waals surface area contributed by atoms with Gasteiger partial charge in [-0.3, -0.25) is 4.55 Å². The van der Waals surface area contributed by atoms with Crippen molar-refractivity contribution in [2.45, 2.75) is 4.90 Å². The van der Waals surface area contributed by atoms with E-state index in [9.17, 15) is 13.5 Å². The molecule has 0 fully saturated rings. The summed E-state index contributed by atoms with van der Waals surface area (Å²) in [5.41, 5.74) is 1.05. The van der Waals surface area contributed by atoms with Gasteiger partial charge in [0.05, 0.1) is 20.7 Å². The normalized spacial score (nSPS) is 11.3. The van der Waals surface area contributed by atoms with E-state index in [1.54, 1.807) is 0 Å². The van der Waals surface area contributed by atoms with Crippen LogP contribution >= 0.6 is 11.3 Å². The van der Waals surface area contributed by atoms with Gasteiger partial charge in [-0.05, 0) is 30.3 Å². The van der Waals surface area contributed by atoms with Gasteiger partial charge in [-0.15, -0.1) is 11.3 Å². The van der Waals surface area contributed by atoms with E-state index in [2.05, 4.69) is 4.98 Å². The molecule has 0 aliphatic carbocycles. The molecule has 0 bridgehead atoms. The second kappa shape index (κ2) is 6.04. The van der Waals surface area contributed by atoms with Crippen LogP contribution in [0.15, 0.2) is 47.4 Å². The van der Waals surface area contributed by atoms with Gasteiger partial charge in [0.25, 0.3) is 10.1 Å². The molecule has 1 aromatic heterocycles. The van der Waals surface area contributed by atoms with Crippen LogP contribution in [0.3, 0.4) is 0 Å². The molecule has 0 spiro atoms. The number of nitrogens with zero attached hydrogens (tertiary/aromatic N) is 1. The number of thiazole rings is 1. The summed E-state index contributed by atoms with van der Waals surface area (Å²) in [5.74, 6) is -0.0866. The monoisotopic (exact) mass is 331 g/mol. The third kappa shape index (κ3) is 3.28. The van der Waals surface area contributed by atoms with Crippen LogP contribution in [0.25, 0.3) is 20.8 Å². The first-order valence-corrected chi connectivity index (χ1v) is 7.87. The van der Waals surface area contributed by atoms with Crippen molar-refractivity contribution in [1.82, 2.24) is 4.98 Å². The second-order valence-electron chi connectivity index (χ2n) is 4.14. The molecule has 0 aliphatic rings. The van der Waals surface area contributed by atoms with E-state index < -0.39 is 10.1 Å². The molecule has 0 amide bonds. The Balaban J connectivity index is 0.00000161. The Kier molecular flexibility index (Phi) is 4.72. The number of benzene rings is 2. The van der Waals surface area contributed by atoms with E-state index in [1.165, 1.54) is 23.5 Å². The van der Waals surface area contributed by atoms with Crippen molar-refractivity contribution in [3.8, 4) is 16.3 Å². The molecule has 0 saturated carbocycles. The summed E-state index contributed by atoms with van der Waals surface area (Å²) in [6.45, 7) is 0. The molecule has 5 nitrogen and oxygen atoms in total. The molecule has 0 unspecified atom stereocenters. The molecule has 21 heavy (non-hydrogen) atoms. The number of phenolic OH excluding ortho intramolecular Hbond substituents is 1. The van der Waals surface area contributed by atoms with Gasteiger partial charge in [-0.25, -0.2) is 4.98 Å². The van der Waals surface area contributed by atoms with Crippen LogP contribution in [0, 0.1) is 0 Å². The summed E-state index contributed by atoms with van der Waals surface area (Å²) in [6, 6.07) is 11.0. The number of hydrogen-bond acceptors (Lipinski definition) is 5. The predicted octanol–water partition coefficient (Wildman–Crippen LogP) is 2.27. The molecular formula is C13H10NNaO4S2. The summed E-state index contributed by atoms with van der Waals surface area (Å²) in [7, 11) is -4.31. The fourth-order valence-electron chi connectivity index (χ4n) is 1.83. The first kappa shape index (κ1) is 16.4. The SMILES string of the molecule is O=S(=O)(O)c1ccc(O)c(-c2nc3ccccc3s2)c1.[NaH]. The third-order valence-electron chi connectivity index (χ3n) is 2.79. The summed E-state index contributed by atoms with van der Waals surface area (Å²) in [4.78, 5) is 4.08. The van der Waals surface area contributed by atoms with E-state index in [0.717, 1.165) is 16.3 Å². The van der Waals surface area contributed by atoms with Gasteiger partial charge in [0.15, 0.2) is 0 Å². The average Bonchev–Trinajstić information content (AvgIpc) is 2.81. The summed E-state index contributed by atoms with van der Waals surface area (Å²) in [6.07, 6.45) is 0. The van der Waals surface area contributed by atoms with Crippen molar-refractivity contribution in [3.05, 3.63) is 42.5 Å². The zero-order valence-corrected chi connectivity index (χ0v) is 11.6. The average molecular weight is 331 g/mol. The zero-order valence-electron chi connectivity index (χ0n) is 10.0. The van der Waals surface area contributed by atoms with E-state index in [1.807, 2.05) is 24.3 Å². The van der Waals surface area contributed by atoms with Crippen LogP contribution < -0.4 is 0 Å². The number of rotatable bonds is 2. The maximum atomic E-state index is 11.2. The Hall–Kier alpha value is -0.960. The van der Waals surface area contributed by atoms with Crippen molar-refractivity contribution >= 4 is 61.2 Å². The van der Waals surface area contributed by atoms with Crippen molar-refractivity contribution in [2.24, 2.45) is 0 Å². The van der Waals surface area contributed by atoms with E-state index in [4.69, 9.17) is 4.55 Å². The van der Waals surface area contributed by atoms with Crippen molar-refractivity contribution in [3.63, 3.8) is 0 Å². The first-order valence-electron chi connectivity index (χ1n) is 5.61. The van der Waals surface area contributed by atoms with Crippen LogP contribution in [0.1, 0.15) is 0 Å². The van der Waals surface area contributed by atoms with Crippen molar-refractivity contribution < 1.29 is 18.1 Å². The number of hydrogen-bond donors (Lipinski definition) is 2. The Morgan fingerprint density at radius 2 is 1.81 bits per heavy atom. The molecule has 3 aromatic rings. The third-order valence-corrected chi connectivity index (χ3v) is 4.71. The van der Waals surface area contributed by atoms with Crippen LogP contribution in [0.5, 0.6) is 5.75 Å². The molecular weight excluding hydrogens is 321 g/mol. The Morgan fingerprint density at radius 3 is 2.48 bits per heavy atom. The molecule has 3 rings (SSSR count). The standard InChI is InChI=1S/C13H9NO4S2.Na.H/c15-11-6-5-8(20(16,17)18)7-9(11)13-14-10-3-1-2-4-12(10)19-13;;/h1-7,15H,(H,16,17,18);;. The van der Waals surface area contributed by atoms with E-state index in [0.29, 0.717) is 5.01 Å². The molecule has 8 heteroatoms. The quantitative estimate of drug-likeness (QED) is 0.555. The number of fused-ring (bicyclic) bond motifs is 1. The first-order chi connectivity index (χ1) is 9.45. The van der Waals surface area contributed by atoms with Crippen molar-refractivity contribution in [2.75, 3.05) is 0 Å². The molecule has 0 saturated heterocycles. The minimum atomic E-state index is -4.31. The molecule has 104 valence electrons. The zero-order chi connectivity index (χ0) is 14.3. The summed E-state index contributed by atoms with van der Waals surface area (Å²) < 4.78 is 32.3. The molecule has 0 radical (unpaired) electrons. The molecule has 0 aliphatic heterocycles. The predicted molar refractivity (Wildman–Crippen MR) is 83.7 cm³/mol. The summed E-state index contributed by atoms with van der Waals surface area (Å²) in [5, 5.41) is 10.4. The Labute approximate surface area is 147 Å². The molecule has 2 aromatic carbocycles. The van der Waals surface area contributed by atoms with Gasteiger partial charge in [0.1, 0.15) is 10.8 Å². The molecule has 1 heterocycles. The van der Waals surface area contributed by atoms with E-state index >= 15 is 0 Å². The topological polar surface area (TPSA) is 87.5 Å². The van der Waals surface area contributed by atoms with Gasteiger partial charge < -0.3 is 5.11 Å². The van der Waals surface area contributed by atoms with Crippen molar-refractivity contribution in [1.29, 1.82) is 0 Å². The molecule has 2 N–H and O–H groups in total. The fraction of sp³-hybridized carbons (Fsp3) is 0. The van der Waals surface area contributed by atoms with Gasteiger partial charge in [0.2, 0.25) is 0 Å².